The number of thiophene rings is 1. The van der Waals surface area contributed by atoms with Gasteiger partial charge in [0, 0.05) is 23.0 Å². The Morgan fingerprint density at radius 2 is 2.29 bits per heavy atom. The molecule has 2 atom stereocenters. The standard InChI is InChI=1S/C13H18N2OS/c14-11-5-1-2-6-12(11)15-13(16)8-7-10-4-3-9-17-10/h3-4,7-9,11-12H,1-2,5-6,14H2,(H,15,16)/b8-7+/t11-,12-/m1/s1. The summed E-state index contributed by atoms with van der Waals surface area (Å²) >= 11 is 1.62. The fourth-order valence-corrected chi connectivity index (χ4v) is 2.73. The van der Waals surface area contributed by atoms with Crippen molar-refractivity contribution in [1.29, 1.82) is 0 Å². The topological polar surface area (TPSA) is 55.1 Å². The van der Waals surface area contributed by atoms with Crippen LogP contribution in [0.5, 0.6) is 0 Å². The van der Waals surface area contributed by atoms with E-state index in [1.54, 1.807) is 17.4 Å². The molecule has 1 aliphatic carbocycles. The third-order valence-corrected chi connectivity index (χ3v) is 3.93. The lowest BCUT2D eigenvalue weighted by molar-refractivity contribution is -0.117. The van der Waals surface area contributed by atoms with Crippen LogP contribution in [-0.4, -0.2) is 18.0 Å². The molecule has 2 rings (SSSR count). The van der Waals surface area contributed by atoms with Gasteiger partial charge in [0.15, 0.2) is 0 Å². The molecule has 1 aliphatic rings. The van der Waals surface area contributed by atoms with Gasteiger partial charge < -0.3 is 11.1 Å². The monoisotopic (exact) mass is 250 g/mol. The molecule has 1 fully saturated rings. The van der Waals surface area contributed by atoms with Crippen LogP contribution in [0.15, 0.2) is 23.6 Å². The quantitative estimate of drug-likeness (QED) is 0.808. The minimum absolute atomic E-state index is 0.0410. The molecule has 1 heterocycles. The minimum atomic E-state index is -0.0410. The Labute approximate surface area is 106 Å². The van der Waals surface area contributed by atoms with E-state index >= 15 is 0 Å². The molecule has 1 amide bonds. The third kappa shape index (κ3) is 3.68. The first kappa shape index (κ1) is 12.3. The molecule has 4 heteroatoms. The summed E-state index contributed by atoms with van der Waals surface area (Å²) in [6, 6.07) is 4.21. The van der Waals surface area contributed by atoms with Crippen LogP contribution in [0.4, 0.5) is 0 Å². The van der Waals surface area contributed by atoms with Gasteiger partial charge in [-0.1, -0.05) is 18.9 Å². The van der Waals surface area contributed by atoms with Gasteiger partial charge in [0.2, 0.25) is 5.91 Å². The lowest BCUT2D eigenvalue weighted by Crippen LogP contribution is -2.48. The first-order chi connectivity index (χ1) is 8.25. The zero-order valence-corrected chi connectivity index (χ0v) is 10.6. The van der Waals surface area contributed by atoms with Crippen molar-refractivity contribution in [2.45, 2.75) is 37.8 Å². The number of nitrogens with one attached hydrogen (secondary N) is 1. The van der Waals surface area contributed by atoms with Crippen molar-refractivity contribution in [3.63, 3.8) is 0 Å². The van der Waals surface area contributed by atoms with E-state index < -0.39 is 0 Å². The lowest BCUT2D eigenvalue weighted by atomic mass is 9.91. The van der Waals surface area contributed by atoms with Crippen LogP contribution in [0, 0.1) is 0 Å². The Morgan fingerprint density at radius 3 is 3.00 bits per heavy atom. The molecular formula is C13H18N2OS. The summed E-state index contributed by atoms with van der Waals surface area (Å²) < 4.78 is 0. The molecule has 0 aliphatic heterocycles. The Bertz CT molecular complexity index is 386. The highest BCUT2D eigenvalue weighted by Gasteiger charge is 2.22. The maximum absolute atomic E-state index is 11.7. The van der Waals surface area contributed by atoms with Crippen molar-refractivity contribution in [3.8, 4) is 0 Å². The molecule has 0 aromatic carbocycles. The van der Waals surface area contributed by atoms with Gasteiger partial charge in [-0.3, -0.25) is 4.79 Å². The Balaban J connectivity index is 1.84. The number of nitrogens with two attached hydrogens (primary N) is 1. The number of carbonyl (C=O) groups is 1. The highest BCUT2D eigenvalue weighted by atomic mass is 32.1. The predicted molar refractivity (Wildman–Crippen MR) is 71.7 cm³/mol. The van der Waals surface area contributed by atoms with Crippen molar-refractivity contribution < 1.29 is 4.79 Å². The van der Waals surface area contributed by atoms with Crippen molar-refractivity contribution in [1.82, 2.24) is 5.32 Å². The zero-order valence-electron chi connectivity index (χ0n) is 9.76. The second-order valence-electron chi connectivity index (χ2n) is 4.41. The average Bonchev–Trinajstić information content (AvgIpc) is 2.82. The van der Waals surface area contributed by atoms with E-state index in [2.05, 4.69) is 5.32 Å². The summed E-state index contributed by atoms with van der Waals surface area (Å²) in [4.78, 5) is 12.8. The Morgan fingerprint density at radius 1 is 1.47 bits per heavy atom. The van der Waals surface area contributed by atoms with E-state index in [0.29, 0.717) is 0 Å². The first-order valence-electron chi connectivity index (χ1n) is 6.03. The fraction of sp³-hybridized carbons (Fsp3) is 0.462. The van der Waals surface area contributed by atoms with Gasteiger partial charge in [-0.25, -0.2) is 0 Å². The SMILES string of the molecule is N[C@@H]1CCCC[C@H]1NC(=O)/C=C/c1cccs1. The molecule has 0 spiro atoms. The van der Waals surface area contributed by atoms with Gasteiger partial charge >= 0.3 is 0 Å². The van der Waals surface area contributed by atoms with Crippen molar-refractivity contribution in [3.05, 3.63) is 28.5 Å². The number of hydrogen-bond acceptors (Lipinski definition) is 3. The van der Waals surface area contributed by atoms with Crippen molar-refractivity contribution in [2.75, 3.05) is 0 Å². The van der Waals surface area contributed by atoms with E-state index in [-0.39, 0.29) is 18.0 Å². The molecule has 1 saturated carbocycles. The third-order valence-electron chi connectivity index (χ3n) is 3.09. The largest absolute Gasteiger partial charge is 0.348 e. The van der Waals surface area contributed by atoms with Gasteiger partial charge in [-0.2, -0.15) is 0 Å². The summed E-state index contributed by atoms with van der Waals surface area (Å²) in [6.07, 6.45) is 7.78. The summed E-state index contributed by atoms with van der Waals surface area (Å²) in [6.45, 7) is 0. The molecule has 1 aromatic rings. The fourth-order valence-electron chi connectivity index (χ4n) is 2.11. The van der Waals surface area contributed by atoms with Crippen LogP contribution in [0.2, 0.25) is 0 Å². The number of hydrogen-bond donors (Lipinski definition) is 2. The maximum atomic E-state index is 11.7. The Hall–Kier alpha value is -1.13. The van der Waals surface area contributed by atoms with Gasteiger partial charge in [0.05, 0.1) is 0 Å². The zero-order chi connectivity index (χ0) is 12.1. The summed E-state index contributed by atoms with van der Waals surface area (Å²) in [7, 11) is 0. The van der Waals surface area contributed by atoms with Crippen molar-refractivity contribution in [2.24, 2.45) is 5.73 Å². The first-order valence-corrected chi connectivity index (χ1v) is 6.91. The average molecular weight is 250 g/mol. The molecule has 92 valence electrons. The minimum Gasteiger partial charge on any atom is -0.348 e. The lowest BCUT2D eigenvalue weighted by Gasteiger charge is -2.28. The highest BCUT2D eigenvalue weighted by Crippen LogP contribution is 2.17. The van der Waals surface area contributed by atoms with Crippen LogP contribution in [0.1, 0.15) is 30.6 Å². The predicted octanol–water partition coefficient (Wildman–Crippen LogP) is 2.15. The normalized spacial score (nSPS) is 25.0. The summed E-state index contributed by atoms with van der Waals surface area (Å²) in [5.41, 5.74) is 5.98. The van der Waals surface area contributed by atoms with E-state index in [0.717, 1.165) is 24.1 Å². The molecule has 1 aromatic heterocycles. The van der Waals surface area contributed by atoms with Crippen LogP contribution in [0.25, 0.3) is 6.08 Å². The molecule has 0 saturated heterocycles. The van der Waals surface area contributed by atoms with Crippen LogP contribution < -0.4 is 11.1 Å². The van der Waals surface area contributed by atoms with E-state index in [4.69, 9.17) is 5.73 Å². The second-order valence-corrected chi connectivity index (χ2v) is 5.39. The molecule has 0 radical (unpaired) electrons. The van der Waals surface area contributed by atoms with Crippen LogP contribution in [-0.2, 0) is 4.79 Å². The van der Waals surface area contributed by atoms with Gasteiger partial charge in [0.1, 0.15) is 0 Å². The van der Waals surface area contributed by atoms with E-state index in [9.17, 15) is 4.79 Å². The van der Waals surface area contributed by atoms with E-state index in [1.165, 1.54) is 6.42 Å². The molecule has 3 N–H and O–H groups in total. The van der Waals surface area contributed by atoms with Gasteiger partial charge in [0.25, 0.3) is 0 Å². The van der Waals surface area contributed by atoms with Crippen molar-refractivity contribution >= 4 is 23.3 Å². The molecule has 3 nitrogen and oxygen atoms in total. The van der Waals surface area contributed by atoms with E-state index in [1.807, 2.05) is 23.6 Å². The maximum Gasteiger partial charge on any atom is 0.244 e. The second kappa shape index (κ2) is 5.98. The van der Waals surface area contributed by atoms with Gasteiger partial charge in [-0.05, 0) is 30.4 Å². The molecule has 0 bridgehead atoms. The van der Waals surface area contributed by atoms with Crippen LogP contribution >= 0.6 is 11.3 Å². The Kier molecular flexibility index (Phi) is 4.34. The molecular weight excluding hydrogens is 232 g/mol. The number of carbonyl (C=O) groups excluding carboxylic acids is 1. The highest BCUT2D eigenvalue weighted by molar-refractivity contribution is 7.10. The summed E-state index contributed by atoms with van der Waals surface area (Å²) in [5.74, 6) is -0.0410. The van der Waals surface area contributed by atoms with Crippen LogP contribution in [0.3, 0.4) is 0 Å². The molecule has 17 heavy (non-hydrogen) atoms. The number of amides is 1. The number of rotatable bonds is 3. The smallest absolute Gasteiger partial charge is 0.244 e. The summed E-state index contributed by atoms with van der Waals surface area (Å²) in [5, 5.41) is 4.98. The van der Waals surface area contributed by atoms with Gasteiger partial charge in [-0.15, -0.1) is 11.3 Å². The molecule has 0 unspecified atom stereocenters.